The van der Waals surface area contributed by atoms with Crippen LogP contribution in [-0.2, 0) is 4.74 Å². The lowest BCUT2D eigenvalue weighted by molar-refractivity contribution is -0.186. The maximum atomic E-state index is 12.9. The summed E-state index contributed by atoms with van der Waals surface area (Å²) in [6.45, 7) is -1.98. The minimum atomic E-state index is -4.39. The molecule has 0 unspecified atom stereocenters. The minimum absolute atomic E-state index is 0.0999. The van der Waals surface area contributed by atoms with Gasteiger partial charge in [-0.25, -0.2) is 4.39 Å². The zero-order chi connectivity index (χ0) is 12.2. The van der Waals surface area contributed by atoms with E-state index < -0.39 is 25.4 Å². The van der Waals surface area contributed by atoms with E-state index in [-0.39, 0.29) is 10.2 Å². The van der Waals surface area contributed by atoms with Crippen molar-refractivity contribution in [3.8, 4) is 5.75 Å². The van der Waals surface area contributed by atoms with Gasteiger partial charge in [-0.3, -0.25) is 0 Å². The van der Waals surface area contributed by atoms with Gasteiger partial charge in [-0.1, -0.05) is 0 Å². The first-order valence-corrected chi connectivity index (χ1v) is 4.90. The standard InChI is InChI=1S/C9H7BrF4O2/c10-7-2-1-6(3-8(7)11)16-5-15-4-9(12,13)14/h1-3H,4-5H2. The van der Waals surface area contributed by atoms with E-state index in [2.05, 4.69) is 20.7 Å². The second kappa shape index (κ2) is 5.49. The Morgan fingerprint density at radius 3 is 2.50 bits per heavy atom. The summed E-state index contributed by atoms with van der Waals surface area (Å²) >= 11 is 2.93. The van der Waals surface area contributed by atoms with Gasteiger partial charge in [0.1, 0.15) is 18.2 Å². The van der Waals surface area contributed by atoms with Gasteiger partial charge in [0.05, 0.1) is 4.47 Å². The van der Waals surface area contributed by atoms with Crippen molar-refractivity contribution < 1.29 is 27.0 Å². The molecule has 90 valence electrons. The molecular formula is C9H7BrF4O2. The van der Waals surface area contributed by atoms with Crippen LogP contribution in [0, 0.1) is 5.82 Å². The van der Waals surface area contributed by atoms with Crippen molar-refractivity contribution >= 4 is 15.9 Å². The summed E-state index contributed by atoms with van der Waals surface area (Å²) in [5.74, 6) is -0.462. The molecule has 0 aliphatic carbocycles. The van der Waals surface area contributed by atoms with E-state index in [4.69, 9.17) is 4.74 Å². The van der Waals surface area contributed by atoms with Gasteiger partial charge in [0.2, 0.25) is 0 Å². The molecule has 0 amide bonds. The van der Waals surface area contributed by atoms with Crippen molar-refractivity contribution in [3.63, 3.8) is 0 Å². The van der Waals surface area contributed by atoms with Gasteiger partial charge in [-0.05, 0) is 28.1 Å². The van der Waals surface area contributed by atoms with E-state index in [9.17, 15) is 17.6 Å². The van der Waals surface area contributed by atoms with Gasteiger partial charge in [0, 0.05) is 6.07 Å². The average molecular weight is 303 g/mol. The Bertz CT molecular complexity index is 354. The number of hydrogen-bond donors (Lipinski definition) is 0. The summed E-state index contributed by atoms with van der Waals surface area (Å²) in [7, 11) is 0. The molecule has 0 aromatic heterocycles. The van der Waals surface area contributed by atoms with Crippen molar-refractivity contribution in [2.75, 3.05) is 13.4 Å². The third kappa shape index (κ3) is 4.80. The maximum absolute atomic E-state index is 12.9. The lowest BCUT2D eigenvalue weighted by Crippen LogP contribution is -2.19. The highest BCUT2D eigenvalue weighted by atomic mass is 79.9. The fourth-order valence-electron chi connectivity index (χ4n) is 0.834. The highest BCUT2D eigenvalue weighted by Crippen LogP contribution is 2.21. The van der Waals surface area contributed by atoms with E-state index in [0.29, 0.717) is 0 Å². The Kier molecular flexibility index (Phi) is 4.55. The number of hydrogen-bond acceptors (Lipinski definition) is 2. The predicted octanol–water partition coefficient (Wildman–Crippen LogP) is 3.50. The first kappa shape index (κ1) is 13.2. The van der Waals surface area contributed by atoms with Gasteiger partial charge in [0.15, 0.2) is 6.79 Å². The molecule has 0 atom stereocenters. The minimum Gasteiger partial charge on any atom is -0.467 e. The molecule has 1 aromatic carbocycles. The van der Waals surface area contributed by atoms with Crippen molar-refractivity contribution in [3.05, 3.63) is 28.5 Å². The van der Waals surface area contributed by atoms with Crippen LogP contribution in [0.4, 0.5) is 17.6 Å². The van der Waals surface area contributed by atoms with E-state index in [1.165, 1.54) is 12.1 Å². The topological polar surface area (TPSA) is 18.5 Å². The molecule has 7 heteroatoms. The number of alkyl halides is 3. The highest BCUT2D eigenvalue weighted by Gasteiger charge is 2.27. The second-order valence-electron chi connectivity index (χ2n) is 2.80. The van der Waals surface area contributed by atoms with Crippen molar-refractivity contribution in [2.24, 2.45) is 0 Å². The third-order valence-electron chi connectivity index (χ3n) is 1.47. The normalized spacial score (nSPS) is 11.6. The van der Waals surface area contributed by atoms with Crippen LogP contribution >= 0.6 is 15.9 Å². The summed E-state index contributed by atoms with van der Waals surface area (Å²) in [5.41, 5.74) is 0. The van der Waals surface area contributed by atoms with Gasteiger partial charge in [-0.15, -0.1) is 0 Å². The van der Waals surface area contributed by atoms with Gasteiger partial charge in [0.25, 0.3) is 0 Å². The van der Waals surface area contributed by atoms with Crippen molar-refractivity contribution in [1.82, 2.24) is 0 Å². The number of rotatable bonds is 4. The molecule has 2 nitrogen and oxygen atoms in total. The summed E-state index contributed by atoms with van der Waals surface area (Å²) in [5, 5.41) is 0. The van der Waals surface area contributed by atoms with Crippen LogP contribution < -0.4 is 4.74 Å². The fraction of sp³-hybridized carbons (Fsp3) is 0.333. The molecular weight excluding hydrogens is 296 g/mol. The summed E-state index contributed by atoms with van der Waals surface area (Å²) in [6, 6.07) is 3.83. The molecule has 0 aliphatic rings. The lowest BCUT2D eigenvalue weighted by atomic mass is 10.3. The lowest BCUT2D eigenvalue weighted by Gasteiger charge is -2.09. The van der Waals surface area contributed by atoms with Crippen LogP contribution in [0.15, 0.2) is 22.7 Å². The van der Waals surface area contributed by atoms with Crippen LogP contribution in [0.25, 0.3) is 0 Å². The van der Waals surface area contributed by atoms with Crippen LogP contribution in [-0.4, -0.2) is 19.6 Å². The van der Waals surface area contributed by atoms with Crippen molar-refractivity contribution in [1.29, 1.82) is 0 Å². The van der Waals surface area contributed by atoms with Crippen LogP contribution in [0.3, 0.4) is 0 Å². The second-order valence-corrected chi connectivity index (χ2v) is 3.66. The first-order chi connectivity index (χ1) is 7.38. The molecule has 0 heterocycles. The summed E-state index contributed by atoms with van der Waals surface area (Å²) in [6.07, 6.45) is -4.39. The predicted molar refractivity (Wildman–Crippen MR) is 51.6 cm³/mol. The smallest absolute Gasteiger partial charge is 0.411 e. The molecule has 0 aliphatic heterocycles. The average Bonchev–Trinajstić information content (AvgIpc) is 2.17. The third-order valence-corrected chi connectivity index (χ3v) is 2.11. The SMILES string of the molecule is Fc1cc(OCOCC(F)(F)F)ccc1Br. The van der Waals surface area contributed by atoms with E-state index in [1.54, 1.807) is 0 Å². The largest absolute Gasteiger partial charge is 0.467 e. The Morgan fingerprint density at radius 2 is 1.94 bits per heavy atom. The molecule has 0 saturated carbocycles. The Morgan fingerprint density at radius 1 is 1.25 bits per heavy atom. The molecule has 0 spiro atoms. The molecule has 0 radical (unpaired) electrons. The van der Waals surface area contributed by atoms with E-state index in [1.807, 2.05) is 0 Å². The molecule has 16 heavy (non-hydrogen) atoms. The van der Waals surface area contributed by atoms with E-state index in [0.717, 1.165) is 6.07 Å². The fourth-order valence-corrected chi connectivity index (χ4v) is 1.08. The zero-order valence-corrected chi connectivity index (χ0v) is 9.44. The molecule has 0 bridgehead atoms. The van der Waals surface area contributed by atoms with Crippen LogP contribution in [0.1, 0.15) is 0 Å². The molecule has 1 aromatic rings. The number of ether oxygens (including phenoxy) is 2. The Labute approximate surface area is 97.3 Å². The molecule has 0 saturated heterocycles. The van der Waals surface area contributed by atoms with Gasteiger partial charge in [-0.2, -0.15) is 13.2 Å². The first-order valence-electron chi connectivity index (χ1n) is 4.11. The van der Waals surface area contributed by atoms with Crippen molar-refractivity contribution in [2.45, 2.75) is 6.18 Å². The number of halogens is 5. The van der Waals surface area contributed by atoms with Crippen LogP contribution in [0.5, 0.6) is 5.75 Å². The quantitative estimate of drug-likeness (QED) is 0.481. The van der Waals surface area contributed by atoms with Gasteiger partial charge >= 0.3 is 6.18 Å². The monoisotopic (exact) mass is 302 g/mol. The van der Waals surface area contributed by atoms with Crippen LogP contribution in [0.2, 0.25) is 0 Å². The summed E-state index contributed by atoms with van der Waals surface area (Å²) in [4.78, 5) is 0. The molecule has 0 fully saturated rings. The molecule has 1 rings (SSSR count). The van der Waals surface area contributed by atoms with E-state index >= 15 is 0 Å². The summed E-state index contributed by atoms with van der Waals surface area (Å²) < 4.78 is 57.1. The Balaban J connectivity index is 2.35. The van der Waals surface area contributed by atoms with Gasteiger partial charge < -0.3 is 9.47 Å². The zero-order valence-electron chi connectivity index (χ0n) is 7.85. The molecule has 0 N–H and O–H groups in total. The number of benzene rings is 1. The highest BCUT2D eigenvalue weighted by molar-refractivity contribution is 9.10. The maximum Gasteiger partial charge on any atom is 0.411 e. The Hall–Kier alpha value is -0.820.